The van der Waals surface area contributed by atoms with Crippen LogP contribution in [0.5, 0.6) is 11.5 Å². The molecule has 3 nitrogen and oxygen atoms in total. The van der Waals surface area contributed by atoms with Gasteiger partial charge in [-0.2, -0.15) is 0 Å². The van der Waals surface area contributed by atoms with Gasteiger partial charge in [0.2, 0.25) is 0 Å². The molecule has 0 bridgehead atoms. The normalized spacial score (nSPS) is 13.5. The van der Waals surface area contributed by atoms with Crippen molar-refractivity contribution in [2.45, 2.75) is 52.1 Å². The van der Waals surface area contributed by atoms with Crippen molar-refractivity contribution >= 4 is 5.78 Å². The highest BCUT2D eigenvalue weighted by Crippen LogP contribution is 2.39. The lowest BCUT2D eigenvalue weighted by Crippen LogP contribution is -2.11. The van der Waals surface area contributed by atoms with Gasteiger partial charge in [0.1, 0.15) is 11.5 Å². The fraction of sp³-hybridized carbons (Fsp3) is 0.381. The highest BCUT2D eigenvalue weighted by atomic mass is 16.5. The van der Waals surface area contributed by atoms with Crippen molar-refractivity contribution in [1.29, 1.82) is 0 Å². The van der Waals surface area contributed by atoms with Crippen LogP contribution in [-0.4, -0.2) is 17.0 Å². The van der Waals surface area contributed by atoms with Gasteiger partial charge in [0.05, 0.1) is 6.10 Å². The molecule has 0 amide bonds. The fourth-order valence-corrected chi connectivity index (χ4v) is 3.27. The predicted octanol–water partition coefficient (Wildman–Crippen LogP) is 5.34. The van der Waals surface area contributed by atoms with Crippen LogP contribution in [0.1, 0.15) is 61.9 Å². The fourth-order valence-electron chi connectivity index (χ4n) is 3.27. The summed E-state index contributed by atoms with van der Waals surface area (Å²) in [6.45, 7) is 4.28. The maximum atomic E-state index is 12.6. The Labute approximate surface area is 143 Å². The van der Waals surface area contributed by atoms with E-state index in [2.05, 4.69) is 13.8 Å². The first-order valence-corrected chi connectivity index (χ1v) is 8.79. The van der Waals surface area contributed by atoms with Crippen LogP contribution in [-0.2, 0) is 0 Å². The Morgan fingerprint density at radius 2 is 1.67 bits per heavy atom. The molecule has 2 aromatic rings. The van der Waals surface area contributed by atoms with Gasteiger partial charge in [-0.1, -0.05) is 26.2 Å². The molecule has 0 radical (unpaired) electrons. The number of phenolic OH excluding ortho intramolecular Hbond substituents is 1. The number of aromatic hydroxyl groups is 1. The van der Waals surface area contributed by atoms with Crippen LogP contribution < -0.4 is 4.74 Å². The van der Waals surface area contributed by atoms with Crippen LogP contribution in [0, 0.1) is 0 Å². The summed E-state index contributed by atoms with van der Waals surface area (Å²) in [5.74, 6) is 0.811. The maximum Gasteiger partial charge on any atom is 0.194 e. The van der Waals surface area contributed by atoms with E-state index >= 15 is 0 Å². The Bertz CT molecular complexity index is 749. The maximum absolute atomic E-state index is 12.6. The van der Waals surface area contributed by atoms with Crippen molar-refractivity contribution in [3.63, 3.8) is 0 Å². The molecule has 3 rings (SSSR count). The quantitative estimate of drug-likeness (QED) is 0.597. The Hall–Kier alpha value is -2.29. The van der Waals surface area contributed by atoms with Crippen molar-refractivity contribution < 1.29 is 14.6 Å². The van der Waals surface area contributed by atoms with E-state index in [1.165, 1.54) is 31.7 Å². The minimum atomic E-state index is -0.0445. The molecular weight excluding hydrogens is 300 g/mol. The van der Waals surface area contributed by atoms with Crippen LogP contribution in [0.2, 0.25) is 0 Å². The summed E-state index contributed by atoms with van der Waals surface area (Å²) in [4.78, 5) is 12.6. The van der Waals surface area contributed by atoms with Crippen LogP contribution in [0.3, 0.4) is 0 Å². The second-order valence-electron chi connectivity index (χ2n) is 6.54. The molecule has 0 saturated carbocycles. The van der Waals surface area contributed by atoms with Gasteiger partial charge in [0, 0.05) is 11.1 Å². The number of hydrogen-bond donors (Lipinski definition) is 1. The summed E-state index contributed by atoms with van der Waals surface area (Å²) in [5.41, 5.74) is 3.02. The van der Waals surface area contributed by atoms with Gasteiger partial charge in [0.15, 0.2) is 5.78 Å². The second kappa shape index (κ2) is 7.08. The lowest BCUT2D eigenvalue weighted by atomic mass is 10.1. The van der Waals surface area contributed by atoms with Gasteiger partial charge in [-0.25, -0.2) is 0 Å². The van der Waals surface area contributed by atoms with Crippen LogP contribution in [0.15, 0.2) is 36.4 Å². The first kappa shape index (κ1) is 16.6. The van der Waals surface area contributed by atoms with Crippen molar-refractivity contribution in [3.05, 3.63) is 47.5 Å². The third kappa shape index (κ3) is 3.30. The van der Waals surface area contributed by atoms with E-state index in [1.807, 2.05) is 18.2 Å². The average molecular weight is 324 g/mol. The average Bonchev–Trinajstić information content (AvgIpc) is 2.84. The second-order valence-corrected chi connectivity index (χ2v) is 6.54. The number of carbonyl (C=O) groups is 1. The molecular formula is C21H24O3. The number of unbranched alkanes of at least 4 members (excludes halogenated alkanes) is 3. The first-order chi connectivity index (χ1) is 11.6. The smallest absolute Gasteiger partial charge is 0.194 e. The molecule has 0 fully saturated rings. The third-order valence-corrected chi connectivity index (χ3v) is 4.58. The molecule has 0 aliphatic heterocycles. The molecule has 1 N–H and O–H groups in total. The van der Waals surface area contributed by atoms with Crippen LogP contribution >= 0.6 is 0 Å². The molecule has 1 aliphatic carbocycles. The zero-order chi connectivity index (χ0) is 17.1. The highest BCUT2D eigenvalue weighted by Gasteiger charge is 2.27. The number of ketones is 1. The van der Waals surface area contributed by atoms with E-state index < -0.39 is 0 Å². The number of hydrogen-bond acceptors (Lipinski definition) is 3. The minimum Gasteiger partial charge on any atom is -0.508 e. The van der Waals surface area contributed by atoms with Gasteiger partial charge in [0.25, 0.3) is 0 Å². The summed E-state index contributed by atoms with van der Waals surface area (Å²) >= 11 is 0. The number of rotatable bonds is 7. The van der Waals surface area contributed by atoms with E-state index in [4.69, 9.17) is 4.74 Å². The molecule has 1 atom stereocenters. The molecule has 0 saturated heterocycles. The summed E-state index contributed by atoms with van der Waals surface area (Å²) in [6, 6.07) is 10.6. The van der Waals surface area contributed by atoms with E-state index in [1.54, 1.807) is 12.1 Å². The molecule has 2 aromatic carbocycles. The predicted molar refractivity (Wildman–Crippen MR) is 95.8 cm³/mol. The van der Waals surface area contributed by atoms with Crippen molar-refractivity contribution in [1.82, 2.24) is 0 Å². The van der Waals surface area contributed by atoms with Crippen molar-refractivity contribution in [3.8, 4) is 22.6 Å². The third-order valence-electron chi connectivity index (χ3n) is 4.58. The van der Waals surface area contributed by atoms with E-state index in [0.717, 1.165) is 23.3 Å². The van der Waals surface area contributed by atoms with Gasteiger partial charge in [-0.3, -0.25) is 4.79 Å². The Morgan fingerprint density at radius 3 is 2.42 bits per heavy atom. The first-order valence-electron chi connectivity index (χ1n) is 8.79. The number of ether oxygens (including phenoxy) is 1. The zero-order valence-electron chi connectivity index (χ0n) is 14.3. The Morgan fingerprint density at radius 1 is 0.958 bits per heavy atom. The summed E-state index contributed by atoms with van der Waals surface area (Å²) in [5, 5.41) is 9.61. The molecule has 24 heavy (non-hydrogen) atoms. The Balaban J connectivity index is 1.72. The zero-order valence-corrected chi connectivity index (χ0v) is 14.3. The largest absolute Gasteiger partial charge is 0.508 e. The molecule has 3 heteroatoms. The van der Waals surface area contributed by atoms with Crippen molar-refractivity contribution in [2.24, 2.45) is 0 Å². The Kier molecular flexibility index (Phi) is 4.89. The summed E-state index contributed by atoms with van der Waals surface area (Å²) in [7, 11) is 0. The van der Waals surface area contributed by atoms with E-state index in [9.17, 15) is 9.90 Å². The number of benzene rings is 2. The van der Waals surface area contributed by atoms with Gasteiger partial charge in [-0.15, -0.1) is 0 Å². The minimum absolute atomic E-state index is 0.0445. The molecule has 126 valence electrons. The molecule has 0 aromatic heterocycles. The lowest BCUT2D eigenvalue weighted by molar-refractivity contribution is 0.104. The van der Waals surface area contributed by atoms with Crippen LogP contribution in [0.25, 0.3) is 11.1 Å². The topological polar surface area (TPSA) is 46.5 Å². The molecule has 0 unspecified atom stereocenters. The lowest BCUT2D eigenvalue weighted by Gasteiger charge is -2.15. The number of phenols is 1. The summed E-state index contributed by atoms with van der Waals surface area (Å²) in [6.07, 6.45) is 6.08. The monoisotopic (exact) mass is 324 g/mol. The van der Waals surface area contributed by atoms with Crippen LogP contribution in [0.4, 0.5) is 0 Å². The van der Waals surface area contributed by atoms with Gasteiger partial charge < -0.3 is 9.84 Å². The number of carbonyl (C=O) groups excluding carboxylic acids is 1. The SMILES string of the molecule is CCCCCC[C@@H](C)Oc1ccc2c(c1)C(=O)c1cc(O)ccc1-2. The van der Waals surface area contributed by atoms with Crippen molar-refractivity contribution in [2.75, 3.05) is 0 Å². The van der Waals surface area contributed by atoms with E-state index in [0.29, 0.717) is 11.1 Å². The number of fused-ring (bicyclic) bond motifs is 3. The molecule has 1 aliphatic rings. The van der Waals surface area contributed by atoms with Gasteiger partial charge >= 0.3 is 0 Å². The standard InChI is InChI=1S/C21H24O3/c1-3-4-5-6-7-14(2)24-16-9-11-18-17-10-8-15(22)12-19(17)21(23)20(18)13-16/h8-14,22H,3-7H2,1-2H3/t14-/m1/s1. The molecule has 0 spiro atoms. The molecule has 0 heterocycles. The van der Waals surface area contributed by atoms with Gasteiger partial charge in [-0.05, 0) is 67.3 Å². The summed E-state index contributed by atoms with van der Waals surface area (Å²) < 4.78 is 5.99. The highest BCUT2D eigenvalue weighted by molar-refractivity contribution is 6.22. The van der Waals surface area contributed by atoms with E-state index in [-0.39, 0.29) is 17.6 Å².